The summed E-state index contributed by atoms with van der Waals surface area (Å²) in [4.78, 5) is 22.0. The van der Waals surface area contributed by atoms with Crippen LogP contribution in [0.5, 0.6) is 0 Å². The fraction of sp³-hybridized carbons (Fsp3) is 0.609. The van der Waals surface area contributed by atoms with Crippen molar-refractivity contribution < 1.29 is 9.32 Å². The third kappa shape index (κ3) is 5.08. The minimum atomic E-state index is -0.123. The molecular formula is C23H33N5O2. The van der Waals surface area contributed by atoms with Crippen LogP contribution in [-0.2, 0) is 0 Å². The molecule has 0 aromatic carbocycles. The van der Waals surface area contributed by atoms with E-state index in [0.717, 1.165) is 37.7 Å². The molecule has 1 N–H and O–H groups in total. The first-order valence-corrected chi connectivity index (χ1v) is 11.3. The SMILES string of the molecule is Cc1onc(-c2ccncc2)c1C(=O)NCCCN1CCN(C2CCCCC2)CC1. The van der Waals surface area contributed by atoms with Gasteiger partial charge >= 0.3 is 0 Å². The van der Waals surface area contributed by atoms with E-state index in [-0.39, 0.29) is 5.91 Å². The van der Waals surface area contributed by atoms with Crippen LogP contribution in [-0.4, -0.2) is 71.2 Å². The molecule has 0 radical (unpaired) electrons. The van der Waals surface area contributed by atoms with Gasteiger partial charge in [0.15, 0.2) is 0 Å². The minimum Gasteiger partial charge on any atom is -0.360 e. The summed E-state index contributed by atoms with van der Waals surface area (Å²) >= 11 is 0. The highest BCUT2D eigenvalue weighted by Gasteiger charge is 2.25. The van der Waals surface area contributed by atoms with E-state index in [1.54, 1.807) is 19.3 Å². The van der Waals surface area contributed by atoms with Crippen LogP contribution < -0.4 is 5.32 Å². The van der Waals surface area contributed by atoms with Crippen LogP contribution in [0.15, 0.2) is 29.0 Å². The summed E-state index contributed by atoms with van der Waals surface area (Å²) in [5.74, 6) is 0.417. The lowest BCUT2D eigenvalue weighted by Gasteiger charge is -2.40. The molecule has 2 aromatic rings. The van der Waals surface area contributed by atoms with Crippen LogP contribution in [0.4, 0.5) is 0 Å². The highest BCUT2D eigenvalue weighted by atomic mass is 16.5. The molecule has 7 heteroatoms. The molecule has 1 saturated heterocycles. The zero-order valence-corrected chi connectivity index (χ0v) is 18.0. The maximum absolute atomic E-state index is 12.7. The first-order valence-electron chi connectivity index (χ1n) is 11.3. The lowest BCUT2D eigenvalue weighted by Crippen LogP contribution is -2.51. The van der Waals surface area contributed by atoms with Crippen molar-refractivity contribution in [1.82, 2.24) is 25.3 Å². The van der Waals surface area contributed by atoms with E-state index in [9.17, 15) is 4.79 Å². The predicted octanol–water partition coefficient (Wildman–Crippen LogP) is 3.12. The van der Waals surface area contributed by atoms with Crippen LogP contribution in [0.1, 0.15) is 54.6 Å². The molecule has 0 spiro atoms. The van der Waals surface area contributed by atoms with E-state index in [0.29, 0.717) is 23.6 Å². The van der Waals surface area contributed by atoms with Gasteiger partial charge in [-0.25, -0.2) is 0 Å². The summed E-state index contributed by atoms with van der Waals surface area (Å²) in [7, 11) is 0. The van der Waals surface area contributed by atoms with Crippen molar-refractivity contribution in [2.45, 2.75) is 51.5 Å². The van der Waals surface area contributed by atoms with Gasteiger partial charge in [-0.05, 0) is 44.9 Å². The maximum Gasteiger partial charge on any atom is 0.257 e. The van der Waals surface area contributed by atoms with Gasteiger partial charge in [0, 0.05) is 56.7 Å². The molecule has 162 valence electrons. The Balaban J connectivity index is 1.20. The largest absolute Gasteiger partial charge is 0.360 e. The Morgan fingerprint density at radius 1 is 1.13 bits per heavy atom. The second-order valence-corrected chi connectivity index (χ2v) is 8.48. The van der Waals surface area contributed by atoms with E-state index >= 15 is 0 Å². The summed E-state index contributed by atoms with van der Waals surface area (Å²) in [6.07, 6.45) is 11.3. The van der Waals surface area contributed by atoms with Crippen LogP contribution in [0.25, 0.3) is 11.3 Å². The number of piperazine rings is 1. The molecule has 30 heavy (non-hydrogen) atoms. The third-order valence-corrected chi connectivity index (χ3v) is 6.48. The van der Waals surface area contributed by atoms with E-state index in [1.807, 2.05) is 12.1 Å². The fourth-order valence-corrected chi connectivity index (χ4v) is 4.74. The smallest absolute Gasteiger partial charge is 0.257 e. The van der Waals surface area contributed by atoms with Crippen LogP contribution in [0, 0.1) is 6.92 Å². The number of hydrogen-bond acceptors (Lipinski definition) is 6. The average Bonchev–Trinajstić information content (AvgIpc) is 3.20. The third-order valence-electron chi connectivity index (χ3n) is 6.48. The predicted molar refractivity (Wildman–Crippen MR) is 116 cm³/mol. The van der Waals surface area contributed by atoms with Crippen molar-refractivity contribution >= 4 is 5.91 Å². The van der Waals surface area contributed by atoms with Gasteiger partial charge in [-0.15, -0.1) is 0 Å². The lowest BCUT2D eigenvalue weighted by atomic mass is 9.94. The van der Waals surface area contributed by atoms with Crippen molar-refractivity contribution in [2.24, 2.45) is 0 Å². The highest BCUT2D eigenvalue weighted by Crippen LogP contribution is 2.25. The summed E-state index contributed by atoms with van der Waals surface area (Å²) < 4.78 is 5.29. The number of hydrogen-bond donors (Lipinski definition) is 1. The molecule has 1 saturated carbocycles. The number of carbonyl (C=O) groups is 1. The molecule has 1 amide bonds. The summed E-state index contributed by atoms with van der Waals surface area (Å²) in [5.41, 5.74) is 1.93. The van der Waals surface area contributed by atoms with Gasteiger partial charge in [0.2, 0.25) is 0 Å². The van der Waals surface area contributed by atoms with Crippen LogP contribution >= 0.6 is 0 Å². The Hall–Kier alpha value is -2.25. The number of carbonyl (C=O) groups excluding carboxylic acids is 1. The van der Waals surface area contributed by atoms with Gasteiger partial charge in [0.05, 0.1) is 0 Å². The van der Waals surface area contributed by atoms with E-state index in [2.05, 4.69) is 25.3 Å². The first kappa shape index (κ1) is 21.0. The number of nitrogens with one attached hydrogen (secondary N) is 1. The highest BCUT2D eigenvalue weighted by molar-refractivity contribution is 6.00. The molecule has 4 rings (SSSR count). The van der Waals surface area contributed by atoms with Gasteiger partial charge in [-0.2, -0.15) is 0 Å². The fourth-order valence-electron chi connectivity index (χ4n) is 4.74. The Morgan fingerprint density at radius 3 is 2.60 bits per heavy atom. The number of aryl methyl sites for hydroxylation is 1. The first-order chi connectivity index (χ1) is 14.7. The molecule has 2 fully saturated rings. The molecule has 2 aromatic heterocycles. The van der Waals surface area contributed by atoms with Gasteiger partial charge in [-0.1, -0.05) is 24.4 Å². The molecule has 0 unspecified atom stereocenters. The summed E-state index contributed by atoms with van der Waals surface area (Å²) in [5, 5.41) is 7.12. The van der Waals surface area contributed by atoms with E-state index in [4.69, 9.17) is 4.52 Å². The van der Waals surface area contributed by atoms with Crippen LogP contribution in [0.2, 0.25) is 0 Å². The Kier molecular flexibility index (Phi) is 7.12. The number of nitrogens with zero attached hydrogens (tertiary/aromatic N) is 4. The second kappa shape index (κ2) is 10.2. The number of rotatable bonds is 7. The minimum absolute atomic E-state index is 0.123. The number of pyridine rings is 1. The molecule has 7 nitrogen and oxygen atoms in total. The van der Waals surface area contributed by atoms with Gasteiger partial charge in [0.1, 0.15) is 17.0 Å². The molecule has 3 heterocycles. The maximum atomic E-state index is 12.7. The normalized spacial score (nSPS) is 19.1. The van der Waals surface area contributed by atoms with Gasteiger partial charge < -0.3 is 14.7 Å². The topological polar surface area (TPSA) is 74.5 Å². The van der Waals surface area contributed by atoms with Crippen LogP contribution in [0.3, 0.4) is 0 Å². The Morgan fingerprint density at radius 2 is 1.87 bits per heavy atom. The van der Waals surface area contributed by atoms with Crippen molar-refractivity contribution in [3.8, 4) is 11.3 Å². The number of aromatic nitrogens is 2. The van der Waals surface area contributed by atoms with Gasteiger partial charge in [0.25, 0.3) is 5.91 Å². The van der Waals surface area contributed by atoms with Crippen molar-refractivity contribution in [3.63, 3.8) is 0 Å². The Bertz CT molecular complexity index is 808. The average molecular weight is 412 g/mol. The molecule has 1 aliphatic heterocycles. The zero-order chi connectivity index (χ0) is 20.8. The molecule has 0 atom stereocenters. The molecular weight excluding hydrogens is 378 g/mol. The standard InChI is InChI=1S/C23H33N5O2/c1-18-21(22(26-30-18)19-8-11-24-12-9-19)23(29)25-10-5-13-27-14-16-28(17-15-27)20-6-3-2-4-7-20/h8-9,11-12,20H,2-7,10,13-17H2,1H3,(H,25,29). The van der Waals surface area contributed by atoms with Gasteiger partial charge in [-0.3, -0.25) is 14.7 Å². The van der Waals surface area contributed by atoms with Crippen molar-refractivity contribution in [3.05, 3.63) is 35.9 Å². The van der Waals surface area contributed by atoms with Crippen molar-refractivity contribution in [1.29, 1.82) is 0 Å². The molecule has 0 bridgehead atoms. The zero-order valence-electron chi connectivity index (χ0n) is 18.0. The molecule has 2 aliphatic rings. The molecule has 1 aliphatic carbocycles. The lowest BCUT2D eigenvalue weighted by molar-refractivity contribution is 0.0779. The summed E-state index contributed by atoms with van der Waals surface area (Å²) in [6.45, 7) is 8.11. The number of amides is 1. The Labute approximate surface area is 178 Å². The quantitative estimate of drug-likeness (QED) is 0.706. The monoisotopic (exact) mass is 411 g/mol. The van der Waals surface area contributed by atoms with E-state index in [1.165, 1.54) is 45.2 Å². The second-order valence-electron chi connectivity index (χ2n) is 8.48. The summed E-state index contributed by atoms with van der Waals surface area (Å²) in [6, 6.07) is 4.49. The van der Waals surface area contributed by atoms with E-state index < -0.39 is 0 Å². The van der Waals surface area contributed by atoms with Crippen molar-refractivity contribution in [2.75, 3.05) is 39.3 Å².